The summed E-state index contributed by atoms with van der Waals surface area (Å²) in [5.74, 6) is -0.00507. The molecule has 2 aromatic carbocycles. The molecule has 0 atom stereocenters. The second kappa shape index (κ2) is 8.84. The first-order chi connectivity index (χ1) is 13.4. The Morgan fingerprint density at radius 3 is 2.57 bits per heavy atom. The number of aromatic nitrogens is 2. The van der Waals surface area contributed by atoms with E-state index in [-0.39, 0.29) is 23.7 Å². The lowest BCUT2D eigenvalue weighted by Crippen LogP contribution is -2.18. The summed E-state index contributed by atoms with van der Waals surface area (Å²) in [6, 6.07) is 13.2. The largest absolute Gasteiger partial charge is 0.326 e. The predicted octanol–water partition coefficient (Wildman–Crippen LogP) is 4.00. The van der Waals surface area contributed by atoms with Gasteiger partial charge in [0, 0.05) is 17.5 Å². The van der Waals surface area contributed by atoms with Crippen molar-refractivity contribution in [1.29, 1.82) is 0 Å². The van der Waals surface area contributed by atoms with Gasteiger partial charge < -0.3 is 10.3 Å². The molecule has 0 spiro atoms. The average molecular weight is 397 g/mol. The van der Waals surface area contributed by atoms with Crippen molar-refractivity contribution in [2.45, 2.75) is 31.2 Å². The number of amides is 1. The van der Waals surface area contributed by atoms with E-state index in [1.807, 2.05) is 32.0 Å². The Balaban J connectivity index is 1.65. The Kier molecular flexibility index (Phi) is 6.26. The fourth-order valence-electron chi connectivity index (χ4n) is 2.56. The third-order valence-corrected chi connectivity index (χ3v) is 5.14. The second-order valence-electron chi connectivity index (χ2n) is 6.48. The number of anilines is 1. The fourth-order valence-corrected chi connectivity index (χ4v) is 3.41. The van der Waals surface area contributed by atoms with Crippen molar-refractivity contribution >= 4 is 23.4 Å². The zero-order chi connectivity index (χ0) is 20.1. The van der Waals surface area contributed by atoms with E-state index in [9.17, 15) is 14.0 Å². The average Bonchev–Trinajstić information content (AvgIpc) is 2.64. The van der Waals surface area contributed by atoms with Crippen LogP contribution in [0, 0.1) is 19.7 Å². The van der Waals surface area contributed by atoms with Crippen molar-refractivity contribution in [3.63, 3.8) is 0 Å². The predicted molar refractivity (Wildman–Crippen MR) is 109 cm³/mol. The molecular weight excluding hydrogens is 377 g/mol. The molecule has 1 amide bonds. The zero-order valence-corrected chi connectivity index (χ0v) is 16.4. The van der Waals surface area contributed by atoms with Crippen LogP contribution in [-0.4, -0.2) is 15.9 Å². The molecule has 0 aliphatic rings. The third-order valence-electron chi connectivity index (χ3n) is 4.19. The van der Waals surface area contributed by atoms with Crippen molar-refractivity contribution in [3.05, 3.63) is 87.1 Å². The molecule has 2 N–H and O–H groups in total. The summed E-state index contributed by atoms with van der Waals surface area (Å²) in [6.07, 6.45) is 0.000945. The maximum absolute atomic E-state index is 13.0. The number of hydrogen-bond donors (Lipinski definition) is 2. The number of aryl methyl sites for hydroxylation is 2. The lowest BCUT2D eigenvalue weighted by molar-refractivity contribution is -0.115. The van der Waals surface area contributed by atoms with Crippen LogP contribution >= 0.6 is 11.8 Å². The van der Waals surface area contributed by atoms with Gasteiger partial charge in [0.15, 0.2) is 5.16 Å². The Labute approximate surface area is 166 Å². The molecule has 0 radical (unpaired) electrons. The van der Waals surface area contributed by atoms with Crippen molar-refractivity contribution < 1.29 is 9.18 Å². The number of aromatic amines is 1. The quantitative estimate of drug-likeness (QED) is 0.487. The summed E-state index contributed by atoms with van der Waals surface area (Å²) in [5, 5.41) is 3.25. The van der Waals surface area contributed by atoms with Gasteiger partial charge in [-0.25, -0.2) is 9.37 Å². The Bertz CT molecular complexity index is 1050. The van der Waals surface area contributed by atoms with E-state index >= 15 is 0 Å². The minimum absolute atomic E-state index is 0.000945. The van der Waals surface area contributed by atoms with Gasteiger partial charge in [-0.3, -0.25) is 9.59 Å². The van der Waals surface area contributed by atoms with Crippen LogP contribution in [0.15, 0.2) is 58.5 Å². The van der Waals surface area contributed by atoms with Gasteiger partial charge in [0.2, 0.25) is 5.91 Å². The molecule has 1 aromatic heterocycles. The van der Waals surface area contributed by atoms with Crippen LogP contribution in [0.3, 0.4) is 0 Å². The molecule has 144 valence electrons. The first-order valence-electron chi connectivity index (χ1n) is 8.73. The molecule has 0 saturated heterocycles. The number of carbonyl (C=O) groups excluding carboxylic acids is 1. The molecule has 0 unspecified atom stereocenters. The van der Waals surface area contributed by atoms with E-state index in [1.165, 1.54) is 30.0 Å². The van der Waals surface area contributed by atoms with E-state index in [0.717, 1.165) is 16.7 Å². The van der Waals surface area contributed by atoms with E-state index in [4.69, 9.17) is 0 Å². The van der Waals surface area contributed by atoms with Crippen LogP contribution in [0.5, 0.6) is 0 Å². The monoisotopic (exact) mass is 397 g/mol. The van der Waals surface area contributed by atoms with Crippen molar-refractivity contribution in [1.82, 2.24) is 9.97 Å². The molecule has 28 heavy (non-hydrogen) atoms. The minimum atomic E-state index is -0.314. The van der Waals surface area contributed by atoms with Crippen molar-refractivity contribution in [2.24, 2.45) is 0 Å². The summed E-state index contributed by atoms with van der Waals surface area (Å²) in [5.41, 5.74) is 3.94. The maximum Gasteiger partial charge on any atom is 0.251 e. The molecule has 0 aliphatic carbocycles. The van der Waals surface area contributed by atoms with Gasteiger partial charge in [0.1, 0.15) is 5.82 Å². The minimum Gasteiger partial charge on any atom is -0.326 e. The summed E-state index contributed by atoms with van der Waals surface area (Å²) < 4.78 is 13.0. The number of hydrogen-bond acceptors (Lipinski definition) is 4. The summed E-state index contributed by atoms with van der Waals surface area (Å²) in [4.78, 5) is 31.2. The van der Waals surface area contributed by atoms with E-state index in [2.05, 4.69) is 15.3 Å². The number of rotatable bonds is 6. The van der Waals surface area contributed by atoms with E-state index in [1.54, 1.807) is 12.1 Å². The van der Waals surface area contributed by atoms with Crippen LogP contribution in [0.2, 0.25) is 0 Å². The van der Waals surface area contributed by atoms with Gasteiger partial charge in [-0.15, -0.1) is 0 Å². The maximum atomic E-state index is 13.0. The Morgan fingerprint density at radius 2 is 1.86 bits per heavy atom. The number of carbonyl (C=O) groups is 1. The van der Waals surface area contributed by atoms with Crippen molar-refractivity contribution in [2.75, 3.05) is 5.32 Å². The van der Waals surface area contributed by atoms with Crippen LogP contribution in [0.25, 0.3) is 0 Å². The molecule has 0 fully saturated rings. The van der Waals surface area contributed by atoms with Gasteiger partial charge in [0.25, 0.3) is 5.56 Å². The molecule has 3 aromatic rings. The van der Waals surface area contributed by atoms with Gasteiger partial charge in [-0.05, 0) is 54.8 Å². The number of H-pyrrole nitrogens is 1. The molecular formula is C21H20FN3O2S. The number of nitrogens with one attached hydrogen (secondary N) is 2. The molecule has 1 heterocycles. The standard InChI is InChI=1S/C21H20FN3O2S/c1-13-3-8-17(9-14(13)2)23-19(26)10-18-11-20(27)25-21(24-18)28-12-15-4-6-16(22)7-5-15/h3-9,11H,10,12H2,1-2H3,(H,23,26)(H,24,25,27). The summed E-state index contributed by atoms with van der Waals surface area (Å²) >= 11 is 1.32. The molecule has 7 heteroatoms. The van der Waals surface area contributed by atoms with Gasteiger partial charge in [-0.1, -0.05) is 30.0 Å². The normalized spacial score (nSPS) is 10.7. The highest BCUT2D eigenvalue weighted by Crippen LogP contribution is 2.19. The third kappa shape index (κ3) is 5.53. The smallest absolute Gasteiger partial charge is 0.251 e. The summed E-state index contributed by atoms with van der Waals surface area (Å²) in [6.45, 7) is 3.99. The Morgan fingerprint density at radius 1 is 1.11 bits per heavy atom. The SMILES string of the molecule is Cc1ccc(NC(=O)Cc2cc(=O)[nH]c(SCc3ccc(F)cc3)n2)cc1C. The molecule has 5 nitrogen and oxygen atoms in total. The highest BCUT2D eigenvalue weighted by molar-refractivity contribution is 7.98. The molecule has 3 rings (SSSR count). The molecule has 0 saturated carbocycles. The number of nitrogens with zero attached hydrogens (tertiary/aromatic N) is 1. The topological polar surface area (TPSA) is 74.8 Å². The van der Waals surface area contributed by atoms with Crippen LogP contribution in [0.1, 0.15) is 22.4 Å². The van der Waals surface area contributed by atoms with Crippen LogP contribution in [0.4, 0.5) is 10.1 Å². The molecule has 0 aliphatic heterocycles. The van der Waals surface area contributed by atoms with Gasteiger partial charge in [-0.2, -0.15) is 0 Å². The summed E-state index contributed by atoms with van der Waals surface area (Å²) in [7, 11) is 0. The highest BCUT2D eigenvalue weighted by atomic mass is 32.2. The first-order valence-corrected chi connectivity index (χ1v) is 9.72. The number of thioether (sulfide) groups is 1. The van der Waals surface area contributed by atoms with Gasteiger partial charge in [0.05, 0.1) is 12.1 Å². The highest BCUT2D eigenvalue weighted by Gasteiger charge is 2.09. The number of halogens is 1. The lowest BCUT2D eigenvalue weighted by atomic mass is 10.1. The van der Waals surface area contributed by atoms with E-state index in [0.29, 0.717) is 22.3 Å². The molecule has 0 bridgehead atoms. The second-order valence-corrected chi connectivity index (χ2v) is 7.45. The van der Waals surface area contributed by atoms with Gasteiger partial charge >= 0.3 is 0 Å². The zero-order valence-electron chi connectivity index (χ0n) is 15.6. The lowest BCUT2D eigenvalue weighted by Gasteiger charge is -2.08. The van der Waals surface area contributed by atoms with E-state index < -0.39 is 0 Å². The van der Waals surface area contributed by atoms with Crippen LogP contribution < -0.4 is 10.9 Å². The van der Waals surface area contributed by atoms with Crippen LogP contribution in [-0.2, 0) is 17.0 Å². The van der Waals surface area contributed by atoms with Crippen molar-refractivity contribution in [3.8, 4) is 0 Å². The Hall–Kier alpha value is -2.93. The number of benzene rings is 2. The fraction of sp³-hybridized carbons (Fsp3) is 0.190. The first kappa shape index (κ1) is 19.8.